The second-order valence-electron chi connectivity index (χ2n) is 4.14. The van der Waals surface area contributed by atoms with E-state index in [4.69, 9.17) is 0 Å². The van der Waals surface area contributed by atoms with Crippen LogP contribution in [0.4, 0.5) is 0 Å². The summed E-state index contributed by atoms with van der Waals surface area (Å²) in [5.41, 5.74) is -0.904. The zero-order valence-electron chi connectivity index (χ0n) is 11.0. The van der Waals surface area contributed by atoms with Gasteiger partial charge in [-0.3, -0.25) is 0 Å². The molecule has 0 saturated carbocycles. The molecule has 0 rings (SSSR count). The van der Waals surface area contributed by atoms with Crippen LogP contribution in [0, 0.1) is 0 Å². The Balaban J connectivity index is 4.44. The Morgan fingerprint density at radius 1 is 0.867 bits per heavy atom. The Morgan fingerprint density at radius 3 is 1.53 bits per heavy atom. The van der Waals surface area contributed by atoms with Gasteiger partial charge in [0.05, 0.1) is 0 Å². The van der Waals surface area contributed by atoms with E-state index in [9.17, 15) is 0 Å². The zero-order chi connectivity index (χ0) is 11.7. The minimum atomic E-state index is -0.904. The van der Waals surface area contributed by atoms with Crippen molar-refractivity contribution in [3.63, 3.8) is 0 Å². The summed E-state index contributed by atoms with van der Waals surface area (Å²) < 4.78 is 2.71. The van der Waals surface area contributed by atoms with Crippen LogP contribution in [0.2, 0.25) is 0 Å². The van der Waals surface area contributed by atoms with E-state index in [2.05, 4.69) is 47.5 Å². The third-order valence-corrected chi connectivity index (χ3v) is 10.3. The molecule has 0 aliphatic heterocycles. The van der Waals surface area contributed by atoms with E-state index in [-0.39, 0.29) is 0 Å². The maximum atomic E-state index is 3.60. The van der Waals surface area contributed by atoms with Gasteiger partial charge < -0.3 is 0 Å². The molecule has 92 valence electrons. The Bertz CT molecular complexity index is 178. The number of unbranched alkanes of at least 4 members (excludes halogenated alkanes) is 2. The fourth-order valence-corrected chi connectivity index (χ4v) is 8.46. The van der Waals surface area contributed by atoms with Crippen molar-refractivity contribution in [1.82, 2.24) is 4.67 Å². The van der Waals surface area contributed by atoms with Gasteiger partial charge in [-0.05, 0) is 0 Å². The average Bonchev–Trinajstić information content (AvgIpc) is 2.25. The topological polar surface area (TPSA) is 3.24 Å². The number of hydrogen-bond acceptors (Lipinski definition) is 1. The van der Waals surface area contributed by atoms with Gasteiger partial charge in [0.2, 0.25) is 0 Å². The van der Waals surface area contributed by atoms with Crippen molar-refractivity contribution in [3.05, 3.63) is 0 Å². The van der Waals surface area contributed by atoms with Crippen molar-refractivity contribution in [2.45, 2.75) is 53.4 Å². The third kappa shape index (κ3) is 5.68. The van der Waals surface area contributed by atoms with Crippen LogP contribution in [-0.4, -0.2) is 45.2 Å². The van der Waals surface area contributed by atoms with Gasteiger partial charge in [0.15, 0.2) is 0 Å². The van der Waals surface area contributed by atoms with Crippen LogP contribution in [0.3, 0.4) is 0 Å². The van der Waals surface area contributed by atoms with E-state index >= 15 is 0 Å². The zero-order valence-corrected chi connectivity index (χ0v) is 13.6. The first-order valence-electron chi connectivity index (χ1n) is 6.48. The molecule has 0 unspecified atom stereocenters. The summed E-state index contributed by atoms with van der Waals surface area (Å²) in [4.78, 5) is 0. The number of rotatable bonds is 9. The normalized spacial score (nSPS) is 12.3. The summed E-state index contributed by atoms with van der Waals surface area (Å²) >= 11 is 3.60. The van der Waals surface area contributed by atoms with Crippen LogP contribution in [0.1, 0.15) is 53.4 Å². The van der Waals surface area contributed by atoms with E-state index in [1.807, 2.05) is 0 Å². The van der Waals surface area contributed by atoms with Gasteiger partial charge >= 0.3 is 104 Å². The van der Waals surface area contributed by atoms with Crippen molar-refractivity contribution >= 4 is 20.8 Å². The van der Waals surface area contributed by atoms with Crippen LogP contribution < -0.4 is 0 Å². The summed E-state index contributed by atoms with van der Waals surface area (Å²) in [6.45, 7) is 11.6. The van der Waals surface area contributed by atoms with E-state index in [0.29, 0.717) is 0 Å². The van der Waals surface area contributed by atoms with Crippen LogP contribution in [-0.2, 0) is 0 Å². The van der Waals surface area contributed by atoms with Gasteiger partial charge in [0.1, 0.15) is 0 Å². The molecule has 0 aromatic carbocycles. The molecule has 0 bridgehead atoms. The summed E-state index contributed by atoms with van der Waals surface area (Å²) in [6.07, 6.45) is 8.28. The van der Waals surface area contributed by atoms with Gasteiger partial charge in [-0.1, -0.05) is 0 Å². The molecule has 0 N–H and O–H groups in total. The SMILES string of the molecule is CCCCP(=[Se])(CCCC)N(CC)CC. The van der Waals surface area contributed by atoms with E-state index in [0.717, 1.165) is 0 Å². The molecule has 0 aliphatic carbocycles. The van der Waals surface area contributed by atoms with Crippen LogP contribution in [0.15, 0.2) is 0 Å². The van der Waals surface area contributed by atoms with Gasteiger partial charge in [-0.2, -0.15) is 0 Å². The first-order valence-corrected chi connectivity index (χ1v) is 10.8. The summed E-state index contributed by atoms with van der Waals surface area (Å²) in [7, 11) is 0. The quantitative estimate of drug-likeness (QED) is 0.460. The molecule has 0 radical (unpaired) electrons. The van der Waals surface area contributed by atoms with Crippen molar-refractivity contribution in [2.75, 3.05) is 25.4 Å². The first-order chi connectivity index (χ1) is 7.14. The molecule has 0 heterocycles. The molecule has 0 amide bonds. The molecule has 1 nitrogen and oxygen atoms in total. The van der Waals surface area contributed by atoms with Gasteiger partial charge in [0, 0.05) is 0 Å². The van der Waals surface area contributed by atoms with Gasteiger partial charge in [-0.25, -0.2) is 0 Å². The maximum absolute atomic E-state index is 3.60. The molecule has 3 heteroatoms. The van der Waals surface area contributed by atoms with Gasteiger partial charge in [0.25, 0.3) is 0 Å². The Kier molecular flexibility index (Phi) is 9.54. The summed E-state index contributed by atoms with van der Waals surface area (Å²) in [5, 5.41) is 0. The Morgan fingerprint density at radius 2 is 1.27 bits per heavy atom. The second kappa shape index (κ2) is 8.99. The fourth-order valence-electron chi connectivity index (χ4n) is 1.94. The third-order valence-electron chi connectivity index (χ3n) is 2.97. The minimum absolute atomic E-state index is 0.904. The van der Waals surface area contributed by atoms with Crippen molar-refractivity contribution in [3.8, 4) is 0 Å². The monoisotopic (exact) mass is 297 g/mol. The Hall–Kier alpha value is 0.909. The van der Waals surface area contributed by atoms with Crippen molar-refractivity contribution in [1.29, 1.82) is 0 Å². The molecule has 15 heavy (non-hydrogen) atoms. The average molecular weight is 296 g/mol. The van der Waals surface area contributed by atoms with E-state index in [1.54, 1.807) is 0 Å². The second-order valence-corrected chi connectivity index (χ2v) is 11.6. The first kappa shape index (κ1) is 15.9. The number of nitrogens with zero attached hydrogens (tertiary/aromatic N) is 1. The molecule has 0 aromatic rings. The molecule has 0 fully saturated rings. The molecule has 0 aliphatic rings. The Labute approximate surface area is 104 Å². The summed E-state index contributed by atoms with van der Waals surface area (Å²) in [5.74, 6) is 0. The van der Waals surface area contributed by atoms with Crippen LogP contribution in [0.25, 0.3) is 0 Å². The van der Waals surface area contributed by atoms with Gasteiger partial charge in [-0.15, -0.1) is 0 Å². The molecule has 0 saturated heterocycles. The molecule has 0 aromatic heterocycles. The standard InChI is InChI=1S/C12H28NPSe/c1-5-9-11-14(15,12-10-6-2)13(7-3)8-4/h5-12H2,1-4H3. The number of hydrogen-bond donors (Lipinski definition) is 0. The molecule has 0 spiro atoms. The predicted octanol–water partition coefficient (Wildman–Crippen LogP) is 3.94. The van der Waals surface area contributed by atoms with E-state index < -0.39 is 5.66 Å². The molecular formula is C12H28NPSe. The van der Waals surface area contributed by atoms with Crippen LogP contribution in [0.5, 0.6) is 0 Å². The molecule has 0 atom stereocenters. The van der Waals surface area contributed by atoms with Crippen molar-refractivity contribution in [2.24, 2.45) is 0 Å². The summed E-state index contributed by atoms with van der Waals surface area (Å²) in [6, 6.07) is 0. The van der Waals surface area contributed by atoms with Crippen molar-refractivity contribution < 1.29 is 0 Å². The molecular weight excluding hydrogens is 268 g/mol. The fraction of sp³-hybridized carbons (Fsp3) is 1.00. The predicted molar refractivity (Wildman–Crippen MR) is 75.1 cm³/mol. The van der Waals surface area contributed by atoms with E-state index in [1.165, 1.54) is 51.1 Å². The van der Waals surface area contributed by atoms with Crippen LogP contribution >= 0.6 is 5.66 Å².